The van der Waals surface area contributed by atoms with E-state index in [0.717, 1.165) is 31.9 Å². The molecule has 0 fully saturated rings. The molecule has 0 aliphatic carbocycles. The third-order valence-corrected chi connectivity index (χ3v) is 3.50. The molecule has 0 aliphatic heterocycles. The van der Waals surface area contributed by atoms with Gasteiger partial charge in [0, 0.05) is 12.8 Å². The van der Waals surface area contributed by atoms with Crippen molar-refractivity contribution in [1.82, 2.24) is 0 Å². The van der Waals surface area contributed by atoms with Crippen LogP contribution in [-0.4, -0.2) is 7.11 Å². The molecule has 0 atom stereocenters. The molecule has 0 radical (unpaired) electrons. The van der Waals surface area contributed by atoms with Crippen LogP contribution in [0.2, 0.25) is 0 Å². The summed E-state index contributed by atoms with van der Waals surface area (Å²) < 4.78 is 12.1. The first-order chi connectivity index (χ1) is 9.10. The maximum absolute atomic E-state index is 5.92. The van der Waals surface area contributed by atoms with Gasteiger partial charge in [-0.3, -0.25) is 0 Å². The number of rotatable bonds is 4. The normalized spacial score (nSPS) is 10.5. The van der Waals surface area contributed by atoms with Crippen LogP contribution in [0.15, 0.2) is 36.4 Å². The average Bonchev–Trinajstić information content (AvgIpc) is 2.36. The quantitative estimate of drug-likeness (QED) is 0.651. The molecule has 0 saturated carbocycles. The van der Waals surface area contributed by atoms with Crippen molar-refractivity contribution in [3.8, 4) is 11.5 Å². The van der Waals surface area contributed by atoms with Crippen LogP contribution in [0.5, 0.6) is 11.5 Å². The van der Waals surface area contributed by atoms with E-state index in [9.17, 15) is 0 Å². The number of aryl methyl sites for hydroxylation is 1. The van der Waals surface area contributed by atoms with Gasteiger partial charge in [-0.1, -0.05) is 0 Å². The Morgan fingerprint density at radius 3 is 2.42 bits per heavy atom. The second-order valence-corrected chi connectivity index (χ2v) is 5.49. The highest BCUT2D eigenvalue weighted by atomic mass is 127. The Morgan fingerprint density at radius 2 is 1.84 bits per heavy atom. The van der Waals surface area contributed by atoms with Gasteiger partial charge >= 0.3 is 0 Å². The molecule has 0 saturated heterocycles. The van der Waals surface area contributed by atoms with E-state index in [4.69, 9.17) is 15.2 Å². The fraction of sp³-hybridized carbons (Fsp3) is 0.200. The second-order valence-electron chi connectivity index (χ2n) is 4.33. The Morgan fingerprint density at radius 1 is 1.16 bits per heavy atom. The molecule has 100 valence electrons. The molecular weight excluding hydrogens is 353 g/mol. The maximum atomic E-state index is 5.92. The number of hydrogen-bond donors (Lipinski definition) is 1. The van der Waals surface area contributed by atoms with Gasteiger partial charge < -0.3 is 15.2 Å². The van der Waals surface area contributed by atoms with Crippen molar-refractivity contribution in [2.75, 3.05) is 12.8 Å². The van der Waals surface area contributed by atoms with E-state index in [2.05, 4.69) is 34.7 Å². The molecule has 3 nitrogen and oxygen atoms in total. The summed E-state index contributed by atoms with van der Waals surface area (Å²) in [5, 5.41) is 0. The van der Waals surface area contributed by atoms with Crippen LogP contribution in [0, 0.1) is 10.5 Å². The van der Waals surface area contributed by atoms with Crippen LogP contribution in [0.1, 0.15) is 11.1 Å². The molecule has 0 bridgehead atoms. The molecular formula is C15H16INO2. The fourth-order valence-corrected chi connectivity index (χ4v) is 2.77. The van der Waals surface area contributed by atoms with Crippen molar-refractivity contribution in [3.63, 3.8) is 0 Å². The lowest BCUT2D eigenvalue weighted by atomic mass is 10.1. The molecule has 2 N–H and O–H groups in total. The molecule has 2 aromatic rings. The van der Waals surface area contributed by atoms with Crippen molar-refractivity contribution in [2.45, 2.75) is 13.5 Å². The first-order valence-electron chi connectivity index (χ1n) is 5.91. The molecule has 0 aliphatic rings. The van der Waals surface area contributed by atoms with E-state index in [1.165, 1.54) is 0 Å². The molecule has 19 heavy (non-hydrogen) atoms. The van der Waals surface area contributed by atoms with Gasteiger partial charge in [-0.25, -0.2) is 0 Å². The molecule has 0 spiro atoms. The monoisotopic (exact) mass is 369 g/mol. The fourth-order valence-electron chi connectivity index (χ4n) is 1.83. The minimum atomic E-state index is 0.610. The van der Waals surface area contributed by atoms with Crippen LogP contribution in [0.4, 0.5) is 5.69 Å². The molecule has 0 heterocycles. The number of hydrogen-bond acceptors (Lipinski definition) is 3. The van der Waals surface area contributed by atoms with Gasteiger partial charge in [-0.05, 0) is 77.0 Å². The Bertz CT molecular complexity index is 544. The third-order valence-electron chi connectivity index (χ3n) is 2.70. The van der Waals surface area contributed by atoms with E-state index >= 15 is 0 Å². The summed E-state index contributed by atoms with van der Waals surface area (Å²) in [6, 6.07) is 11.6. The first-order valence-corrected chi connectivity index (χ1v) is 6.99. The zero-order chi connectivity index (χ0) is 13.8. The van der Waals surface area contributed by atoms with E-state index in [-0.39, 0.29) is 0 Å². The molecule has 0 unspecified atom stereocenters. The second kappa shape index (κ2) is 6.25. The number of nitrogen functional groups attached to an aromatic ring is 1. The minimum Gasteiger partial charge on any atom is -0.456 e. The maximum Gasteiger partial charge on any atom is 0.143 e. The number of nitrogens with two attached hydrogens (primary N) is 1. The largest absolute Gasteiger partial charge is 0.456 e. The highest BCUT2D eigenvalue weighted by Crippen LogP contribution is 2.31. The smallest absolute Gasteiger partial charge is 0.143 e. The lowest BCUT2D eigenvalue weighted by Crippen LogP contribution is -1.95. The standard InChI is InChI=1S/C15H16INO2/c1-10-7-11(9-18-2)8-14(16)15(10)19-13-5-3-12(17)4-6-13/h3-8H,9,17H2,1-2H3. The molecule has 0 amide bonds. The van der Waals surface area contributed by atoms with Gasteiger partial charge in [-0.2, -0.15) is 0 Å². The number of methoxy groups -OCH3 is 1. The molecule has 2 aromatic carbocycles. The number of ether oxygens (including phenoxy) is 2. The van der Waals surface area contributed by atoms with E-state index in [1.54, 1.807) is 7.11 Å². The van der Waals surface area contributed by atoms with Crippen molar-refractivity contribution < 1.29 is 9.47 Å². The van der Waals surface area contributed by atoms with Gasteiger partial charge in [-0.15, -0.1) is 0 Å². The van der Waals surface area contributed by atoms with Gasteiger partial charge in [0.05, 0.1) is 10.2 Å². The molecule has 0 aromatic heterocycles. The summed E-state index contributed by atoms with van der Waals surface area (Å²) in [6.07, 6.45) is 0. The zero-order valence-corrected chi connectivity index (χ0v) is 13.1. The van der Waals surface area contributed by atoms with Crippen molar-refractivity contribution in [3.05, 3.63) is 51.1 Å². The Labute approximate surface area is 126 Å². The van der Waals surface area contributed by atoms with Crippen LogP contribution in [0.3, 0.4) is 0 Å². The van der Waals surface area contributed by atoms with Crippen LogP contribution >= 0.6 is 22.6 Å². The zero-order valence-electron chi connectivity index (χ0n) is 10.9. The van der Waals surface area contributed by atoms with Crippen molar-refractivity contribution in [1.29, 1.82) is 0 Å². The minimum absolute atomic E-state index is 0.610. The van der Waals surface area contributed by atoms with Gasteiger partial charge in [0.1, 0.15) is 11.5 Å². The Hall–Kier alpha value is -1.27. The van der Waals surface area contributed by atoms with E-state index < -0.39 is 0 Å². The summed E-state index contributed by atoms with van der Waals surface area (Å²) in [5.41, 5.74) is 8.63. The Kier molecular flexibility index (Phi) is 4.66. The van der Waals surface area contributed by atoms with Gasteiger partial charge in [0.2, 0.25) is 0 Å². The van der Waals surface area contributed by atoms with Gasteiger partial charge in [0.25, 0.3) is 0 Å². The predicted molar refractivity (Wildman–Crippen MR) is 85.5 cm³/mol. The van der Waals surface area contributed by atoms with Crippen LogP contribution < -0.4 is 10.5 Å². The summed E-state index contributed by atoms with van der Waals surface area (Å²) >= 11 is 2.28. The Balaban J connectivity index is 2.27. The average molecular weight is 369 g/mol. The van der Waals surface area contributed by atoms with E-state index in [1.807, 2.05) is 31.2 Å². The molecule has 2 rings (SSSR count). The summed E-state index contributed by atoms with van der Waals surface area (Å²) in [4.78, 5) is 0. The molecule has 4 heteroatoms. The SMILES string of the molecule is COCc1cc(C)c(Oc2ccc(N)cc2)c(I)c1. The summed E-state index contributed by atoms with van der Waals surface area (Å²) in [6.45, 7) is 2.65. The highest BCUT2D eigenvalue weighted by Gasteiger charge is 2.09. The number of halogens is 1. The van der Waals surface area contributed by atoms with Crippen molar-refractivity contribution in [2.24, 2.45) is 0 Å². The lowest BCUT2D eigenvalue weighted by Gasteiger charge is -2.13. The third kappa shape index (κ3) is 3.61. The van der Waals surface area contributed by atoms with Crippen LogP contribution in [-0.2, 0) is 11.3 Å². The van der Waals surface area contributed by atoms with Crippen LogP contribution in [0.25, 0.3) is 0 Å². The summed E-state index contributed by atoms with van der Waals surface area (Å²) in [5.74, 6) is 1.67. The van der Waals surface area contributed by atoms with E-state index in [0.29, 0.717) is 6.61 Å². The number of benzene rings is 2. The predicted octanol–water partition coefficient (Wildman–Crippen LogP) is 4.12. The highest BCUT2D eigenvalue weighted by molar-refractivity contribution is 14.1. The first kappa shape index (κ1) is 14.1. The lowest BCUT2D eigenvalue weighted by molar-refractivity contribution is 0.184. The topological polar surface area (TPSA) is 44.5 Å². The van der Waals surface area contributed by atoms with Crippen molar-refractivity contribution >= 4 is 28.3 Å². The van der Waals surface area contributed by atoms with Gasteiger partial charge in [0.15, 0.2) is 0 Å². The number of anilines is 1. The summed E-state index contributed by atoms with van der Waals surface area (Å²) in [7, 11) is 1.70.